The van der Waals surface area contributed by atoms with Crippen molar-refractivity contribution in [1.82, 2.24) is 4.90 Å². The van der Waals surface area contributed by atoms with Crippen molar-refractivity contribution in [2.45, 2.75) is 63.4 Å². The van der Waals surface area contributed by atoms with E-state index < -0.39 is 32.3 Å². The number of ether oxygens (including phenoxy) is 2. The highest BCUT2D eigenvalue weighted by molar-refractivity contribution is 7.93. The Morgan fingerprint density at radius 2 is 1.97 bits per heavy atom. The number of nitrogens with zero attached hydrogens (tertiary/aromatic N) is 1. The van der Waals surface area contributed by atoms with Crippen LogP contribution in [0.2, 0.25) is 5.02 Å². The summed E-state index contributed by atoms with van der Waals surface area (Å²) in [5.41, 5.74) is -0.834. The van der Waals surface area contributed by atoms with Gasteiger partial charge in [0.25, 0.3) is 0 Å². The maximum atomic E-state index is 14.3. The third kappa shape index (κ3) is 5.00. The van der Waals surface area contributed by atoms with Gasteiger partial charge in [-0.2, -0.15) is 0 Å². The van der Waals surface area contributed by atoms with Crippen LogP contribution < -0.4 is 4.72 Å². The molecule has 1 N–H and O–H groups in total. The van der Waals surface area contributed by atoms with E-state index in [1.54, 1.807) is 17.9 Å². The highest BCUT2D eigenvalue weighted by Crippen LogP contribution is 2.39. The average Bonchev–Trinajstić information content (AvgIpc) is 3.06. The number of aryl methyl sites for hydroxylation is 1. The Morgan fingerprint density at radius 3 is 2.57 bits per heavy atom. The van der Waals surface area contributed by atoms with E-state index in [0.717, 1.165) is 0 Å². The van der Waals surface area contributed by atoms with Gasteiger partial charge >= 0.3 is 6.09 Å². The molecule has 0 saturated carbocycles. The fourth-order valence-corrected chi connectivity index (χ4v) is 5.30. The van der Waals surface area contributed by atoms with Crippen LogP contribution in [0, 0.1) is 12.7 Å². The van der Waals surface area contributed by atoms with Crippen LogP contribution >= 0.6 is 11.6 Å². The molecule has 1 atom stereocenters. The molecular weight excluding hydrogens is 435 g/mol. The van der Waals surface area contributed by atoms with Gasteiger partial charge < -0.3 is 14.4 Å². The Hall–Kier alpha value is -1.58. The monoisotopic (exact) mass is 462 g/mol. The summed E-state index contributed by atoms with van der Waals surface area (Å²) in [5.74, 6) is -0.792. The lowest BCUT2D eigenvalue weighted by Crippen LogP contribution is -2.48. The highest BCUT2D eigenvalue weighted by atomic mass is 35.5. The number of carbonyl (C=O) groups is 1. The van der Waals surface area contributed by atoms with Crippen LogP contribution in [-0.2, 0) is 19.5 Å². The van der Waals surface area contributed by atoms with Crippen LogP contribution in [0.15, 0.2) is 12.1 Å². The SMILES string of the molecule is Cc1ccc(NS(=O)(=O)[C@H]2COC3(CCN(C(=O)OC(C)(C)C)CC3)C2)c(F)c1Cl. The van der Waals surface area contributed by atoms with Crippen molar-refractivity contribution in [3.8, 4) is 0 Å². The van der Waals surface area contributed by atoms with Gasteiger partial charge in [0.15, 0.2) is 5.82 Å². The maximum absolute atomic E-state index is 14.3. The zero-order valence-electron chi connectivity index (χ0n) is 17.6. The number of amides is 1. The van der Waals surface area contributed by atoms with Gasteiger partial charge in [-0.3, -0.25) is 4.72 Å². The van der Waals surface area contributed by atoms with Crippen LogP contribution in [0.25, 0.3) is 0 Å². The number of piperidine rings is 1. The van der Waals surface area contributed by atoms with Crippen molar-refractivity contribution in [3.05, 3.63) is 28.5 Å². The van der Waals surface area contributed by atoms with Gasteiger partial charge in [-0.15, -0.1) is 0 Å². The number of halogens is 2. The van der Waals surface area contributed by atoms with Gasteiger partial charge in [0.05, 0.1) is 22.9 Å². The van der Waals surface area contributed by atoms with Crippen LogP contribution in [0.1, 0.15) is 45.6 Å². The molecule has 2 fully saturated rings. The van der Waals surface area contributed by atoms with E-state index in [-0.39, 0.29) is 29.8 Å². The predicted octanol–water partition coefficient (Wildman–Crippen LogP) is 4.09. The number of likely N-dealkylation sites (tertiary alicyclic amines) is 1. The zero-order chi connectivity index (χ0) is 22.3. The number of hydrogen-bond acceptors (Lipinski definition) is 5. The molecule has 2 aliphatic heterocycles. The van der Waals surface area contributed by atoms with E-state index in [0.29, 0.717) is 31.5 Å². The van der Waals surface area contributed by atoms with Crippen LogP contribution in [-0.4, -0.2) is 55.6 Å². The normalized spacial score (nSPS) is 21.7. The third-order valence-corrected chi connectivity index (χ3v) is 7.62. The van der Waals surface area contributed by atoms with Crippen LogP contribution in [0.5, 0.6) is 0 Å². The van der Waals surface area contributed by atoms with Gasteiger partial charge in [-0.05, 0) is 58.6 Å². The van der Waals surface area contributed by atoms with Crippen molar-refractivity contribution in [2.75, 3.05) is 24.4 Å². The minimum Gasteiger partial charge on any atom is -0.444 e. The lowest BCUT2D eigenvalue weighted by atomic mass is 9.89. The number of benzene rings is 1. The molecule has 3 rings (SSSR count). The van der Waals surface area contributed by atoms with Gasteiger partial charge in [-0.25, -0.2) is 17.6 Å². The molecule has 0 radical (unpaired) electrons. The van der Waals surface area contributed by atoms with E-state index in [1.807, 2.05) is 20.8 Å². The summed E-state index contributed by atoms with van der Waals surface area (Å²) in [7, 11) is -3.87. The predicted molar refractivity (Wildman–Crippen MR) is 113 cm³/mol. The quantitative estimate of drug-likeness (QED) is 0.731. The largest absolute Gasteiger partial charge is 0.444 e. The summed E-state index contributed by atoms with van der Waals surface area (Å²) in [6, 6.07) is 2.92. The van der Waals surface area contributed by atoms with Crippen molar-refractivity contribution in [3.63, 3.8) is 0 Å². The molecule has 0 unspecified atom stereocenters. The lowest BCUT2D eigenvalue weighted by molar-refractivity contribution is -0.0484. The fraction of sp³-hybridized carbons (Fsp3) is 0.650. The van der Waals surface area contributed by atoms with Crippen molar-refractivity contribution in [2.24, 2.45) is 0 Å². The summed E-state index contributed by atoms with van der Waals surface area (Å²) < 4.78 is 53.6. The minimum atomic E-state index is -3.87. The Kier molecular flexibility index (Phi) is 6.28. The molecule has 168 valence electrons. The first-order chi connectivity index (χ1) is 13.8. The van der Waals surface area contributed by atoms with Gasteiger partial charge in [0.2, 0.25) is 10.0 Å². The first-order valence-electron chi connectivity index (χ1n) is 9.90. The summed E-state index contributed by atoms with van der Waals surface area (Å²) in [6.07, 6.45) is 0.936. The molecule has 1 amide bonds. The summed E-state index contributed by atoms with van der Waals surface area (Å²) in [5, 5.41) is -0.922. The maximum Gasteiger partial charge on any atom is 0.410 e. The van der Waals surface area contributed by atoms with Crippen molar-refractivity contribution in [1.29, 1.82) is 0 Å². The Balaban J connectivity index is 1.63. The fourth-order valence-electron chi connectivity index (χ4n) is 3.73. The van der Waals surface area contributed by atoms with Gasteiger partial charge in [0, 0.05) is 13.1 Å². The summed E-state index contributed by atoms with van der Waals surface area (Å²) >= 11 is 5.89. The Morgan fingerprint density at radius 1 is 1.33 bits per heavy atom. The third-order valence-electron chi connectivity index (χ3n) is 5.47. The molecule has 0 aliphatic carbocycles. The number of sulfonamides is 1. The highest BCUT2D eigenvalue weighted by Gasteiger charge is 2.48. The number of hydrogen-bond donors (Lipinski definition) is 1. The number of nitrogens with one attached hydrogen (secondary N) is 1. The second-order valence-corrected chi connectivity index (χ2v) is 11.3. The zero-order valence-corrected chi connectivity index (χ0v) is 19.2. The van der Waals surface area contributed by atoms with E-state index in [1.165, 1.54) is 6.07 Å². The lowest BCUT2D eigenvalue weighted by Gasteiger charge is -2.39. The Bertz CT molecular complexity index is 924. The van der Waals surface area contributed by atoms with E-state index in [2.05, 4.69) is 4.72 Å². The number of anilines is 1. The van der Waals surface area contributed by atoms with Gasteiger partial charge in [0.1, 0.15) is 10.9 Å². The molecule has 1 aromatic rings. The van der Waals surface area contributed by atoms with Crippen molar-refractivity contribution >= 4 is 33.4 Å². The molecule has 0 aromatic heterocycles. The first-order valence-corrected chi connectivity index (χ1v) is 11.8. The summed E-state index contributed by atoms with van der Waals surface area (Å²) in [4.78, 5) is 13.9. The molecule has 10 heteroatoms. The second-order valence-electron chi connectivity index (χ2n) is 8.99. The Labute approximate surface area is 181 Å². The number of carbonyl (C=O) groups excluding carboxylic acids is 1. The smallest absolute Gasteiger partial charge is 0.410 e. The molecule has 0 bridgehead atoms. The summed E-state index contributed by atoms with van der Waals surface area (Å²) in [6.45, 7) is 7.94. The first kappa shape index (κ1) is 23.1. The number of rotatable bonds is 3. The van der Waals surface area contributed by atoms with E-state index in [4.69, 9.17) is 21.1 Å². The molecule has 2 aliphatic rings. The molecule has 1 aromatic carbocycles. The average molecular weight is 463 g/mol. The molecule has 7 nitrogen and oxygen atoms in total. The minimum absolute atomic E-state index is 0.0168. The molecule has 30 heavy (non-hydrogen) atoms. The molecular formula is C20H28ClFN2O5S. The van der Waals surface area contributed by atoms with Gasteiger partial charge in [-0.1, -0.05) is 17.7 Å². The topological polar surface area (TPSA) is 84.9 Å². The molecule has 2 heterocycles. The standard InChI is InChI=1S/C20H28ClFN2O5S/c1-13-5-6-15(17(22)16(13)21)23-30(26,27)14-11-20(28-12-14)7-9-24(10-8-20)18(25)29-19(2,3)4/h5-6,14,23H,7-12H2,1-4H3/t14-/m1/s1. The van der Waals surface area contributed by atoms with Crippen molar-refractivity contribution < 1.29 is 27.1 Å². The molecule has 2 saturated heterocycles. The van der Waals surface area contributed by atoms with E-state index >= 15 is 0 Å². The van der Waals surface area contributed by atoms with Crippen LogP contribution in [0.3, 0.4) is 0 Å². The second kappa shape index (κ2) is 8.16. The van der Waals surface area contributed by atoms with Crippen LogP contribution in [0.4, 0.5) is 14.9 Å². The van der Waals surface area contributed by atoms with E-state index in [9.17, 15) is 17.6 Å². The molecule has 1 spiro atoms.